The molecule has 0 spiro atoms. The second kappa shape index (κ2) is 3.12. The molecule has 1 N–H and O–H groups in total. The topological polar surface area (TPSA) is 28.7 Å². The molecule has 0 aliphatic rings. The van der Waals surface area contributed by atoms with Gasteiger partial charge in [-0.1, -0.05) is 20.8 Å². The van der Waals surface area contributed by atoms with Gasteiger partial charge in [0.15, 0.2) is 0 Å². The number of hydrogen-bond donors (Lipinski definition) is 1. The molecule has 0 aliphatic carbocycles. The molecule has 0 amide bonds. The largest absolute Gasteiger partial charge is 0.361 e. The van der Waals surface area contributed by atoms with E-state index in [9.17, 15) is 0 Å². The predicted octanol–water partition coefficient (Wildman–Crippen LogP) is 3.15. The fourth-order valence-corrected chi connectivity index (χ4v) is 1.63. The van der Waals surface area contributed by atoms with E-state index in [1.807, 2.05) is 18.5 Å². The predicted molar refractivity (Wildman–Crippen MR) is 59.3 cm³/mol. The van der Waals surface area contributed by atoms with Crippen molar-refractivity contribution < 1.29 is 0 Å². The molecule has 0 atom stereocenters. The molecule has 0 radical (unpaired) electrons. The summed E-state index contributed by atoms with van der Waals surface area (Å²) >= 11 is 0. The van der Waals surface area contributed by atoms with Gasteiger partial charge in [0, 0.05) is 29.0 Å². The first-order valence-electron chi connectivity index (χ1n) is 4.97. The summed E-state index contributed by atoms with van der Waals surface area (Å²) in [4.78, 5) is 7.65. The molecule has 2 heteroatoms. The van der Waals surface area contributed by atoms with Gasteiger partial charge in [0.2, 0.25) is 0 Å². The minimum Gasteiger partial charge on any atom is -0.361 e. The number of fused-ring (bicyclic) bond motifs is 1. The smallest absolute Gasteiger partial charge is 0.0487 e. The van der Waals surface area contributed by atoms with Crippen LogP contribution in [0.25, 0.3) is 10.9 Å². The van der Waals surface area contributed by atoms with Gasteiger partial charge in [0.1, 0.15) is 0 Å². The number of nitrogens with one attached hydrogen (secondary N) is 1. The van der Waals surface area contributed by atoms with E-state index in [2.05, 4.69) is 36.8 Å². The Morgan fingerprint density at radius 2 is 2.14 bits per heavy atom. The Labute approximate surface area is 84.4 Å². The van der Waals surface area contributed by atoms with Crippen molar-refractivity contribution in [1.29, 1.82) is 0 Å². The molecule has 0 saturated heterocycles. The Kier molecular flexibility index (Phi) is 2.06. The van der Waals surface area contributed by atoms with Crippen molar-refractivity contribution >= 4 is 10.9 Å². The number of hydrogen-bond acceptors (Lipinski definition) is 1. The van der Waals surface area contributed by atoms with Crippen LogP contribution >= 0.6 is 0 Å². The van der Waals surface area contributed by atoms with Crippen LogP contribution in [0.5, 0.6) is 0 Å². The SMILES string of the molecule is CC(C)(C)Cc1cc2[nH]ccc2cn1. The van der Waals surface area contributed by atoms with Gasteiger partial charge in [0.25, 0.3) is 0 Å². The molecule has 2 heterocycles. The summed E-state index contributed by atoms with van der Waals surface area (Å²) in [6.45, 7) is 6.69. The Balaban J connectivity index is 2.35. The average molecular weight is 188 g/mol. The fraction of sp³-hybridized carbons (Fsp3) is 0.417. The number of pyridine rings is 1. The molecular formula is C12H16N2. The summed E-state index contributed by atoms with van der Waals surface area (Å²) in [5, 5.41) is 1.18. The van der Waals surface area contributed by atoms with Crippen molar-refractivity contribution in [3.8, 4) is 0 Å². The van der Waals surface area contributed by atoms with Gasteiger partial charge in [-0.3, -0.25) is 4.98 Å². The fourth-order valence-electron chi connectivity index (χ4n) is 1.63. The van der Waals surface area contributed by atoms with Crippen LogP contribution in [0.4, 0.5) is 0 Å². The highest BCUT2D eigenvalue weighted by Gasteiger charge is 2.12. The third kappa shape index (κ3) is 1.95. The molecule has 0 saturated carbocycles. The van der Waals surface area contributed by atoms with E-state index in [-0.39, 0.29) is 0 Å². The highest BCUT2D eigenvalue weighted by Crippen LogP contribution is 2.21. The first-order valence-corrected chi connectivity index (χ1v) is 4.97. The summed E-state index contributed by atoms with van der Waals surface area (Å²) < 4.78 is 0. The van der Waals surface area contributed by atoms with Crippen molar-refractivity contribution in [3.63, 3.8) is 0 Å². The lowest BCUT2D eigenvalue weighted by atomic mass is 9.90. The molecule has 14 heavy (non-hydrogen) atoms. The Morgan fingerprint density at radius 3 is 2.86 bits per heavy atom. The van der Waals surface area contributed by atoms with E-state index in [0.29, 0.717) is 5.41 Å². The molecular weight excluding hydrogens is 172 g/mol. The zero-order valence-electron chi connectivity index (χ0n) is 8.96. The van der Waals surface area contributed by atoms with Gasteiger partial charge in [-0.15, -0.1) is 0 Å². The number of rotatable bonds is 1. The molecule has 2 aromatic heterocycles. The molecule has 2 rings (SSSR count). The van der Waals surface area contributed by atoms with Crippen LogP contribution in [0.15, 0.2) is 24.5 Å². The maximum atomic E-state index is 4.44. The van der Waals surface area contributed by atoms with E-state index in [4.69, 9.17) is 0 Å². The Morgan fingerprint density at radius 1 is 1.36 bits per heavy atom. The lowest BCUT2D eigenvalue weighted by molar-refractivity contribution is 0.406. The Bertz CT molecular complexity index is 435. The van der Waals surface area contributed by atoms with Crippen molar-refractivity contribution in [2.75, 3.05) is 0 Å². The maximum absolute atomic E-state index is 4.44. The van der Waals surface area contributed by atoms with E-state index in [1.54, 1.807) is 0 Å². The number of aromatic amines is 1. The van der Waals surface area contributed by atoms with Crippen molar-refractivity contribution in [3.05, 3.63) is 30.2 Å². The number of aromatic nitrogens is 2. The van der Waals surface area contributed by atoms with Gasteiger partial charge in [0.05, 0.1) is 0 Å². The van der Waals surface area contributed by atoms with E-state index < -0.39 is 0 Å². The summed E-state index contributed by atoms with van der Waals surface area (Å²) in [5.74, 6) is 0. The third-order valence-electron chi connectivity index (χ3n) is 2.20. The van der Waals surface area contributed by atoms with Crippen molar-refractivity contribution in [2.45, 2.75) is 27.2 Å². The lowest BCUT2D eigenvalue weighted by Gasteiger charge is -2.17. The summed E-state index contributed by atoms with van der Waals surface area (Å²) in [6.07, 6.45) is 4.90. The minimum absolute atomic E-state index is 0.299. The van der Waals surface area contributed by atoms with Crippen LogP contribution in [0.3, 0.4) is 0 Å². The zero-order valence-corrected chi connectivity index (χ0v) is 8.96. The van der Waals surface area contributed by atoms with Crippen LogP contribution in [-0.2, 0) is 6.42 Å². The summed E-state index contributed by atoms with van der Waals surface area (Å²) in [5.41, 5.74) is 2.64. The quantitative estimate of drug-likeness (QED) is 0.731. The molecule has 74 valence electrons. The van der Waals surface area contributed by atoms with Crippen molar-refractivity contribution in [2.24, 2.45) is 5.41 Å². The highest BCUT2D eigenvalue weighted by atomic mass is 14.7. The van der Waals surface area contributed by atoms with Gasteiger partial charge >= 0.3 is 0 Å². The minimum atomic E-state index is 0.299. The number of H-pyrrole nitrogens is 1. The van der Waals surface area contributed by atoms with Gasteiger partial charge < -0.3 is 4.98 Å². The molecule has 0 fully saturated rings. The van der Waals surface area contributed by atoms with E-state index in [1.165, 1.54) is 10.9 Å². The van der Waals surface area contributed by atoms with Crippen LogP contribution in [-0.4, -0.2) is 9.97 Å². The number of nitrogens with zero attached hydrogens (tertiary/aromatic N) is 1. The Hall–Kier alpha value is -1.31. The first kappa shape index (κ1) is 9.25. The van der Waals surface area contributed by atoms with Crippen LogP contribution in [0.1, 0.15) is 26.5 Å². The van der Waals surface area contributed by atoms with E-state index in [0.717, 1.165) is 12.1 Å². The normalized spacial score (nSPS) is 12.2. The monoisotopic (exact) mass is 188 g/mol. The molecule has 0 aromatic carbocycles. The third-order valence-corrected chi connectivity index (χ3v) is 2.20. The average Bonchev–Trinajstić information content (AvgIpc) is 2.47. The van der Waals surface area contributed by atoms with Gasteiger partial charge in [-0.2, -0.15) is 0 Å². The second-order valence-corrected chi connectivity index (χ2v) is 4.98. The molecule has 2 nitrogen and oxygen atoms in total. The zero-order chi connectivity index (χ0) is 10.2. The second-order valence-electron chi connectivity index (χ2n) is 4.98. The molecule has 0 unspecified atom stereocenters. The molecule has 0 aliphatic heterocycles. The summed E-state index contributed by atoms with van der Waals surface area (Å²) in [6, 6.07) is 4.18. The van der Waals surface area contributed by atoms with E-state index >= 15 is 0 Å². The first-order chi connectivity index (χ1) is 6.54. The van der Waals surface area contributed by atoms with Gasteiger partial charge in [-0.05, 0) is 24.0 Å². The standard InChI is InChI=1S/C12H16N2/c1-12(2,3)7-10-6-11-9(8-14-10)4-5-13-11/h4-6,8,13H,7H2,1-3H3. The lowest BCUT2D eigenvalue weighted by Crippen LogP contribution is -2.10. The van der Waals surface area contributed by atoms with Crippen LogP contribution in [0, 0.1) is 5.41 Å². The molecule has 2 aromatic rings. The highest BCUT2D eigenvalue weighted by molar-refractivity contribution is 5.78. The van der Waals surface area contributed by atoms with Crippen LogP contribution in [0.2, 0.25) is 0 Å². The molecule has 0 bridgehead atoms. The van der Waals surface area contributed by atoms with Crippen molar-refractivity contribution in [1.82, 2.24) is 9.97 Å². The maximum Gasteiger partial charge on any atom is 0.0487 e. The van der Waals surface area contributed by atoms with Crippen LogP contribution < -0.4 is 0 Å². The van der Waals surface area contributed by atoms with Gasteiger partial charge in [-0.25, -0.2) is 0 Å². The summed E-state index contributed by atoms with van der Waals surface area (Å²) in [7, 11) is 0.